The standard InChI is InChI=1S/C15H16F3N3/c1-3-20-14(10-6-8(2)7-21-15(10)19)9-4-5-11(16)13(18)12(9)17/h4-7,14,20H,3H2,1-2H3,(H2,19,21). The number of hydrogen-bond acceptors (Lipinski definition) is 3. The lowest BCUT2D eigenvalue weighted by Gasteiger charge is -2.21. The number of nitrogens with zero attached hydrogens (tertiary/aromatic N) is 1. The molecule has 1 heterocycles. The Morgan fingerprint density at radius 3 is 2.57 bits per heavy atom. The van der Waals surface area contributed by atoms with Crippen LogP contribution in [0.4, 0.5) is 19.0 Å². The van der Waals surface area contributed by atoms with E-state index in [1.165, 1.54) is 6.07 Å². The van der Waals surface area contributed by atoms with Gasteiger partial charge in [0, 0.05) is 17.3 Å². The van der Waals surface area contributed by atoms with Crippen molar-refractivity contribution in [1.82, 2.24) is 10.3 Å². The molecule has 2 rings (SSSR count). The van der Waals surface area contributed by atoms with Crippen molar-refractivity contribution in [3.8, 4) is 0 Å². The van der Waals surface area contributed by atoms with Gasteiger partial charge in [-0.15, -0.1) is 0 Å². The number of aryl methyl sites for hydroxylation is 1. The summed E-state index contributed by atoms with van der Waals surface area (Å²) in [4.78, 5) is 4.02. The largest absolute Gasteiger partial charge is 0.383 e. The summed E-state index contributed by atoms with van der Waals surface area (Å²) in [7, 11) is 0. The van der Waals surface area contributed by atoms with E-state index in [-0.39, 0.29) is 11.4 Å². The molecular weight excluding hydrogens is 279 g/mol. The molecule has 0 fully saturated rings. The third-order valence-corrected chi connectivity index (χ3v) is 3.18. The SMILES string of the molecule is CCNC(c1cc(C)cnc1N)c1ccc(F)c(F)c1F. The van der Waals surface area contributed by atoms with Gasteiger partial charge >= 0.3 is 0 Å². The van der Waals surface area contributed by atoms with Gasteiger partial charge < -0.3 is 11.1 Å². The number of hydrogen-bond donors (Lipinski definition) is 2. The molecule has 1 atom stereocenters. The highest BCUT2D eigenvalue weighted by Gasteiger charge is 2.23. The highest BCUT2D eigenvalue weighted by molar-refractivity contribution is 5.47. The van der Waals surface area contributed by atoms with Gasteiger partial charge in [-0.05, 0) is 31.2 Å². The highest BCUT2D eigenvalue weighted by Crippen LogP contribution is 2.29. The van der Waals surface area contributed by atoms with Gasteiger partial charge in [-0.1, -0.05) is 13.0 Å². The molecule has 3 N–H and O–H groups in total. The molecule has 1 aromatic heterocycles. The number of pyridine rings is 1. The maximum Gasteiger partial charge on any atom is 0.194 e. The minimum Gasteiger partial charge on any atom is -0.383 e. The maximum atomic E-state index is 14.0. The van der Waals surface area contributed by atoms with Crippen LogP contribution in [0, 0.1) is 24.4 Å². The van der Waals surface area contributed by atoms with E-state index >= 15 is 0 Å². The average molecular weight is 295 g/mol. The Morgan fingerprint density at radius 1 is 1.19 bits per heavy atom. The van der Waals surface area contributed by atoms with Gasteiger partial charge in [0.15, 0.2) is 17.5 Å². The molecule has 112 valence electrons. The van der Waals surface area contributed by atoms with Gasteiger partial charge in [0.2, 0.25) is 0 Å². The number of rotatable bonds is 4. The molecular formula is C15H16F3N3. The van der Waals surface area contributed by atoms with Crippen molar-refractivity contribution in [2.24, 2.45) is 0 Å². The van der Waals surface area contributed by atoms with Gasteiger partial charge in [-0.2, -0.15) is 0 Å². The van der Waals surface area contributed by atoms with Crippen LogP contribution in [0.1, 0.15) is 29.7 Å². The molecule has 2 aromatic rings. The minimum atomic E-state index is -1.49. The molecule has 1 aromatic carbocycles. The van der Waals surface area contributed by atoms with Gasteiger partial charge in [0.1, 0.15) is 5.82 Å². The van der Waals surface area contributed by atoms with E-state index < -0.39 is 23.5 Å². The number of nitrogen functional groups attached to an aromatic ring is 1. The number of aromatic nitrogens is 1. The van der Waals surface area contributed by atoms with Crippen molar-refractivity contribution < 1.29 is 13.2 Å². The van der Waals surface area contributed by atoms with Crippen LogP contribution in [-0.4, -0.2) is 11.5 Å². The van der Waals surface area contributed by atoms with E-state index in [4.69, 9.17) is 5.73 Å². The van der Waals surface area contributed by atoms with E-state index in [0.29, 0.717) is 12.1 Å². The van der Waals surface area contributed by atoms with Crippen LogP contribution in [0.25, 0.3) is 0 Å². The lowest BCUT2D eigenvalue weighted by atomic mass is 9.97. The monoisotopic (exact) mass is 295 g/mol. The Hall–Kier alpha value is -2.08. The Morgan fingerprint density at radius 2 is 1.90 bits per heavy atom. The molecule has 0 bridgehead atoms. The molecule has 0 saturated carbocycles. The number of nitrogens with two attached hydrogens (primary N) is 1. The zero-order valence-electron chi connectivity index (χ0n) is 11.8. The smallest absolute Gasteiger partial charge is 0.194 e. The number of nitrogens with one attached hydrogen (secondary N) is 1. The predicted molar refractivity (Wildman–Crippen MR) is 75.2 cm³/mol. The van der Waals surface area contributed by atoms with Gasteiger partial charge in [0.05, 0.1) is 6.04 Å². The zero-order chi connectivity index (χ0) is 15.6. The second-order valence-electron chi connectivity index (χ2n) is 4.74. The number of anilines is 1. The third kappa shape index (κ3) is 3.00. The van der Waals surface area contributed by atoms with Crippen LogP contribution in [-0.2, 0) is 0 Å². The average Bonchev–Trinajstić information content (AvgIpc) is 2.46. The van der Waals surface area contributed by atoms with Crippen molar-refractivity contribution in [2.45, 2.75) is 19.9 Å². The normalized spacial score (nSPS) is 12.4. The lowest BCUT2D eigenvalue weighted by molar-refractivity contribution is 0.433. The van der Waals surface area contributed by atoms with E-state index in [9.17, 15) is 13.2 Å². The Bertz CT molecular complexity index is 659. The fraction of sp³-hybridized carbons (Fsp3) is 0.267. The molecule has 0 saturated heterocycles. The van der Waals surface area contributed by atoms with Crippen LogP contribution in [0.15, 0.2) is 24.4 Å². The summed E-state index contributed by atoms with van der Waals surface area (Å²) in [6.45, 7) is 4.14. The molecule has 3 nitrogen and oxygen atoms in total. The van der Waals surface area contributed by atoms with E-state index in [1.54, 1.807) is 12.3 Å². The summed E-state index contributed by atoms with van der Waals surface area (Å²) in [6, 6.07) is 3.16. The second-order valence-corrected chi connectivity index (χ2v) is 4.74. The van der Waals surface area contributed by atoms with Crippen LogP contribution in [0.5, 0.6) is 0 Å². The Balaban J connectivity index is 2.59. The molecule has 6 heteroatoms. The van der Waals surface area contributed by atoms with E-state index in [0.717, 1.165) is 11.6 Å². The summed E-state index contributed by atoms with van der Waals surface area (Å²) >= 11 is 0. The first-order valence-corrected chi connectivity index (χ1v) is 6.54. The van der Waals surface area contributed by atoms with Gasteiger partial charge in [0.25, 0.3) is 0 Å². The van der Waals surface area contributed by atoms with Crippen LogP contribution in [0.3, 0.4) is 0 Å². The molecule has 0 aliphatic carbocycles. The molecule has 0 radical (unpaired) electrons. The van der Waals surface area contributed by atoms with E-state index in [2.05, 4.69) is 10.3 Å². The maximum absolute atomic E-state index is 14.0. The quantitative estimate of drug-likeness (QED) is 0.852. The fourth-order valence-corrected chi connectivity index (χ4v) is 2.19. The Labute approximate surface area is 121 Å². The predicted octanol–water partition coefficient (Wildman–Crippen LogP) is 3.09. The van der Waals surface area contributed by atoms with Crippen molar-refractivity contribution in [3.63, 3.8) is 0 Å². The van der Waals surface area contributed by atoms with E-state index in [1.807, 2.05) is 13.8 Å². The highest BCUT2D eigenvalue weighted by atomic mass is 19.2. The zero-order valence-corrected chi connectivity index (χ0v) is 11.8. The van der Waals surface area contributed by atoms with Crippen molar-refractivity contribution >= 4 is 5.82 Å². The molecule has 0 amide bonds. The number of halogens is 3. The van der Waals surface area contributed by atoms with Crippen LogP contribution >= 0.6 is 0 Å². The Kier molecular flexibility index (Phi) is 4.47. The topological polar surface area (TPSA) is 50.9 Å². The first kappa shape index (κ1) is 15.3. The summed E-state index contributed by atoms with van der Waals surface area (Å²) < 4.78 is 40.6. The van der Waals surface area contributed by atoms with Gasteiger partial charge in [-0.25, -0.2) is 18.2 Å². The van der Waals surface area contributed by atoms with Crippen LogP contribution < -0.4 is 11.1 Å². The summed E-state index contributed by atoms with van der Waals surface area (Å²) in [6.07, 6.45) is 1.59. The molecule has 0 aliphatic rings. The van der Waals surface area contributed by atoms with Crippen LogP contribution in [0.2, 0.25) is 0 Å². The third-order valence-electron chi connectivity index (χ3n) is 3.18. The molecule has 21 heavy (non-hydrogen) atoms. The summed E-state index contributed by atoms with van der Waals surface area (Å²) in [5, 5.41) is 3.02. The molecule has 1 unspecified atom stereocenters. The summed E-state index contributed by atoms with van der Waals surface area (Å²) in [5.41, 5.74) is 7.20. The van der Waals surface area contributed by atoms with Crippen molar-refractivity contribution in [3.05, 3.63) is 58.5 Å². The molecule has 0 spiro atoms. The van der Waals surface area contributed by atoms with Crippen molar-refractivity contribution in [2.75, 3.05) is 12.3 Å². The fourth-order valence-electron chi connectivity index (χ4n) is 2.19. The van der Waals surface area contributed by atoms with Gasteiger partial charge in [-0.3, -0.25) is 0 Å². The number of benzene rings is 1. The van der Waals surface area contributed by atoms with Crippen molar-refractivity contribution in [1.29, 1.82) is 0 Å². The first-order chi connectivity index (χ1) is 9.95. The first-order valence-electron chi connectivity index (χ1n) is 6.54. The summed E-state index contributed by atoms with van der Waals surface area (Å²) in [5.74, 6) is -3.71. The lowest BCUT2D eigenvalue weighted by Crippen LogP contribution is -2.25. The minimum absolute atomic E-state index is 0.00477. The second kappa shape index (κ2) is 6.13. The molecule has 0 aliphatic heterocycles.